The third-order valence-corrected chi connectivity index (χ3v) is 5.85. The van der Waals surface area contributed by atoms with Crippen LogP contribution in [0.25, 0.3) is 0 Å². The summed E-state index contributed by atoms with van der Waals surface area (Å²) in [4.78, 5) is 27.2. The van der Waals surface area contributed by atoms with Crippen LogP contribution in [0.4, 0.5) is 5.69 Å². The van der Waals surface area contributed by atoms with Gasteiger partial charge in [0.1, 0.15) is 0 Å². The van der Waals surface area contributed by atoms with Crippen molar-refractivity contribution in [2.45, 2.75) is 51.8 Å². The molecule has 1 heterocycles. The van der Waals surface area contributed by atoms with Crippen LogP contribution in [0.1, 0.15) is 50.8 Å². The Labute approximate surface area is 195 Å². The van der Waals surface area contributed by atoms with Crippen molar-refractivity contribution in [1.29, 1.82) is 0 Å². The van der Waals surface area contributed by atoms with Crippen molar-refractivity contribution in [1.82, 2.24) is 10.2 Å². The number of hydrogen-bond donors (Lipinski definition) is 3. The minimum atomic E-state index is -1.34. The van der Waals surface area contributed by atoms with E-state index in [-0.39, 0.29) is 17.4 Å². The Morgan fingerprint density at radius 1 is 1.12 bits per heavy atom. The summed E-state index contributed by atoms with van der Waals surface area (Å²) in [5.74, 6) is -0.331. The van der Waals surface area contributed by atoms with Gasteiger partial charge in [-0.3, -0.25) is 14.5 Å². The van der Waals surface area contributed by atoms with Gasteiger partial charge in [-0.15, -0.1) is 0 Å². The van der Waals surface area contributed by atoms with E-state index in [0.29, 0.717) is 16.3 Å². The van der Waals surface area contributed by atoms with Gasteiger partial charge in [-0.1, -0.05) is 41.9 Å². The number of carbonyl (C=O) groups excluding carboxylic acids is 2. The zero-order valence-corrected chi connectivity index (χ0v) is 19.7. The van der Waals surface area contributed by atoms with Crippen molar-refractivity contribution in [3.8, 4) is 0 Å². The summed E-state index contributed by atoms with van der Waals surface area (Å²) in [5, 5.41) is 16.6. The van der Waals surface area contributed by atoms with E-state index >= 15 is 0 Å². The third-order valence-electron chi connectivity index (χ3n) is 5.51. The highest BCUT2D eigenvalue weighted by molar-refractivity contribution is 6.31. The van der Waals surface area contributed by atoms with E-state index in [9.17, 15) is 14.7 Å². The lowest BCUT2D eigenvalue weighted by molar-refractivity contribution is -0.128. The Morgan fingerprint density at radius 2 is 1.81 bits per heavy atom. The predicted octanol–water partition coefficient (Wildman–Crippen LogP) is 4.14. The molecule has 1 saturated heterocycles. The van der Waals surface area contributed by atoms with Crippen LogP contribution in [0, 0.1) is 5.92 Å². The third kappa shape index (κ3) is 6.79. The molecule has 2 aromatic rings. The second-order valence-corrected chi connectivity index (χ2v) is 9.81. The summed E-state index contributed by atoms with van der Waals surface area (Å²) in [5.41, 5.74) is 1.85. The van der Waals surface area contributed by atoms with Crippen molar-refractivity contribution in [3.05, 3.63) is 64.7 Å². The van der Waals surface area contributed by atoms with Crippen LogP contribution >= 0.6 is 11.6 Å². The standard InChI is InChI=1S/C25H32ClN3O3/c1-25(2,3)28-23(31)18-11-13-29(14-12-18)16-17-7-6-8-19(15-17)27-24(32)22(30)20-9-4-5-10-21(20)26/h4-10,15,18,22,30H,11-14,16H2,1-3H3,(H,27,32)(H,28,31). The predicted molar refractivity (Wildman–Crippen MR) is 127 cm³/mol. The number of piperidine rings is 1. The van der Waals surface area contributed by atoms with Crippen molar-refractivity contribution >= 4 is 29.1 Å². The van der Waals surface area contributed by atoms with E-state index < -0.39 is 12.0 Å². The molecule has 32 heavy (non-hydrogen) atoms. The Balaban J connectivity index is 1.54. The molecular weight excluding hydrogens is 426 g/mol. The lowest BCUT2D eigenvalue weighted by Gasteiger charge is -2.33. The topological polar surface area (TPSA) is 81.7 Å². The van der Waals surface area contributed by atoms with Crippen LogP contribution in [0.15, 0.2) is 48.5 Å². The first-order chi connectivity index (χ1) is 15.1. The van der Waals surface area contributed by atoms with E-state index in [1.54, 1.807) is 30.3 Å². The Kier molecular flexibility index (Phi) is 7.93. The molecule has 0 saturated carbocycles. The highest BCUT2D eigenvalue weighted by atomic mass is 35.5. The molecule has 1 aliphatic heterocycles. The smallest absolute Gasteiger partial charge is 0.257 e. The first-order valence-corrected chi connectivity index (χ1v) is 11.4. The van der Waals surface area contributed by atoms with Gasteiger partial charge in [-0.05, 0) is 70.5 Å². The number of aliphatic hydroxyl groups excluding tert-OH is 1. The molecule has 1 unspecified atom stereocenters. The second kappa shape index (κ2) is 10.5. The molecule has 1 fully saturated rings. The average Bonchev–Trinajstić information content (AvgIpc) is 2.73. The van der Waals surface area contributed by atoms with Gasteiger partial charge in [0.05, 0.1) is 0 Å². The van der Waals surface area contributed by atoms with E-state index in [1.165, 1.54) is 0 Å². The summed E-state index contributed by atoms with van der Waals surface area (Å²) < 4.78 is 0. The molecule has 0 radical (unpaired) electrons. The largest absolute Gasteiger partial charge is 0.378 e. The van der Waals surface area contributed by atoms with E-state index in [2.05, 4.69) is 15.5 Å². The number of likely N-dealkylation sites (tertiary alicyclic amines) is 1. The molecule has 7 heteroatoms. The summed E-state index contributed by atoms with van der Waals surface area (Å²) in [7, 11) is 0. The van der Waals surface area contributed by atoms with Gasteiger partial charge in [-0.2, -0.15) is 0 Å². The Morgan fingerprint density at radius 3 is 2.47 bits per heavy atom. The van der Waals surface area contributed by atoms with Gasteiger partial charge in [0.15, 0.2) is 6.10 Å². The molecule has 0 aromatic heterocycles. The highest BCUT2D eigenvalue weighted by Gasteiger charge is 2.27. The molecule has 0 bridgehead atoms. The van der Waals surface area contributed by atoms with Crippen LogP contribution < -0.4 is 10.6 Å². The lowest BCUT2D eigenvalue weighted by Crippen LogP contribution is -2.46. The molecule has 3 rings (SSSR count). The molecule has 1 aliphatic rings. The van der Waals surface area contributed by atoms with Gasteiger partial charge in [0.2, 0.25) is 5.91 Å². The van der Waals surface area contributed by atoms with Crippen LogP contribution in [0.2, 0.25) is 5.02 Å². The minimum Gasteiger partial charge on any atom is -0.378 e. The van der Waals surface area contributed by atoms with Gasteiger partial charge in [0, 0.05) is 34.3 Å². The van der Waals surface area contributed by atoms with E-state index in [0.717, 1.165) is 38.0 Å². The number of nitrogens with one attached hydrogen (secondary N) is 2. The maximum atomic E-state index is 12.5. The van der Waals surface area contributed by atoms with Gasteiger partial charge < -0.3 is 15.7 Å². The fraction of sp³-hybridized carbons (Fsp3) is 0.440. The monoisotopic (exact) mass is 457 g/mol. The van der Waals surface area contributed by atoms with Crippen LogP contribution in [-0.4, -0.2) is 40.4 Å². The number of benzene rings is 2. The lowest BCUT2D eigenvalue weighted by atomic mass is 9.94. The molecule has 6 nitrogen and oxygen atoms in total. The normalized spacial score (nSPS) is 16.4. The summed E-state index contributed by atoms with van der Waals surface area (Å²) in [6.07, 6.45) is 0.329. The first kappa shape index (κ1) is 24.2. The number of rotatable bonds is 6. The van der Waals surface area contributed by atoms with Crippen LogP contribution in [-0.2, 0) is 16.1 Å². The average molecular weight is 458 g/mol. The SMILES string of the molecule is CC(C)(C)NC(=O)C1CCN(Cc2cccc(NC(=O)C(O)c3ccccc3Cl)c2)CC1. The maximum Gasteiger partial charge on any atom is 0.257 e. The zero-order valence-electron chi connectivity index (χ0n) is 18.9. The molecule has 3 N–H and O–H groups in total. The number of amides is 2. The van der Waals surface area contributed by atoms with Crippen molar-refractivity contribution in [2.75, 3.05) is 18.4 Å². The van der Waals surface area contributed by atoms with Crippen LogP contribution in [0.5, 0.6) is 0 Å². The fourth-order valence-electron chi connectivity index (χ4n) is 3.88. The first-order valence-electron chi connectivity index (χ1n) is 11.0. The molecule has 2 aromatic carbocycles. The molecule has 1 atom stereocenters. The van der Waals surface area contributed by atoms with Crippen molar-refractivity contribution < 1.29 is 14.7 Å². The fourth-order valence-corrected chi connectivity index (χ4v) is 4.12. The number of hydrogen-bond acceptors (Lipinski definition) is 4. The van der Waals surface area contributed by atoms with Gasteiger partial charge >= 0.3 is 0 Å². The molecular formula is C25H32ClN3O3. The molecule has 172 valence electrons. The van der Waals surface area contributed by atoms with Crippen molar-refractivity contribution in [2.24, 2.45) is 5.92 Å². The number of halogens is 1. The number of carbonyl (C=O) groups is 2. The van der Waals surface area contributed by atoms with Crippen molar-refractivity contribution in [3.63, 3.8) is 0 Å². The van der Waals surface area contributed by atoms with E-state index in [1.807, 2.05) is 39.0 Å². The highest BCUT2D eigenvalue weighted by Crippen LogP contribution is 2.25. The number of anilines is 1. The molecule has 2 amide bonds. The van der Waals surface area contributed by atoms with Gasteiger partial charge in [0.25, 0.3) is 5.91 Å². The van der Waals surface area contributed by atoms with Crippen LogP contribution in [0.3, 0.4) is 0 Å². The quantitative estimate of drug-likeness (QED) is 0.609. The molecule has 0 spiro atoms. The Hall–Kier alpha value is -2.41. The summed E-state index contributed by atoms with van der Waals surface area (Å²) in [6, 6.07) is 14.4. The zero-order chi connectivity index (χ0) is 23.3. The number of nitrogens with zero attached hydrogens (tertiary/aromatic N) is 1. The Bertz CT molecular complexity index is 949. The minimum absolute atomic E-state index is 0.0578. The number of aliphatic hydroxyl groups is 1. The summed E-state index contributed by atoms with van der Waals surface area (Å²) >= 11 is 6.09. The second-order valence-electron chi connectivity index (χ2n) is 9.40. The maximum absolute atomic E-state index is 12.5. The molecule has 0 aliphatic carbocycles. The van der Waals surface area contributed by atoms with E-state index in [4.69, 9.17) is 11.6 Å². The summed E-state index contributed by atoms with van der Waals surface area (Å²) in [6.45, 7) is 8.44. The van der Waals surface area contributed by atoms with Gasteiger partial charge in [-0.25, -0.2) is 0 Å².